The first kappa shape index (κ1) is 14.9. The predicted molar refractivity (Wildman–Crippen MR) is 80.0 cm³/mol. The van der Waals surface area contributed by atoms with Gasteiger partial charge in [-0.1, -0.05) is 19.9 Å². The molecule has 0 saturated heterocycles. The Labute approximate surface area is 123 Å². The topological polar surface area (TPSA) is 37.8 Å². The molecule has 1 aromatic carbocycles. The summed E-state index contributed by atoms with van der Waals surface area (Å²) in [5.41, 5.74) is 0.976. The summed E-state index contributed by atoms with van der Waals surface area (Å²) in [7, 11) is 0. The lowest BCUT2D eigenvalue weighted by Gasteiger charge is -2.08. The quantitative estimate of drug-likeness (QED) is 0.828. The number of halogens is 1. The summed E-state index contributed by atoms with van der Waals surface area (Å²) >= 11 is 1.54. The van der Waals surface area contributed by atoms with Gasteiger partial charge in [0.05, 0.1) is 11.4 Å². The van der Waals surface area contributed by atoms with Crippen LogP contribution in [0.25, 0.3) is 0 Å². The second kappa shape index (κ2) is 7.36. The minimum atomic E-state index is -0.217. The molecule has 20 heavy (non-hydrogen) atoms. The van der Waals surface area contributed by atoms with E-state index >= 15 is 0 Å². The fourth-order valence-electron chi connectivity index (χ4n) is 1.62. The van der Waals surface area contributed by atoms with E-state index in [0.717, 1.165) is 23.0 Å². The fourth-order valence-corrected chi connectivity index (χ4v) is 2.43. The highest BCUT2D eigenvalue weighted by Crippen LogP contribution is 2.21. The molecule has 0 atom stereocenters. The van der Waals surface area contributed by atoms with Gasteiger partial charge in [0.2, 0.25) is 0 Å². The molecule has 2 aromatic rings. The zero-order valence-electron chi connectivity index (χ0n) is 11.6. The van der Waals surface area contributed by atoms with Crippen LogP contribution < -0.4 is 5.32 Å². The molecule has 0 aliphatic rings. The van der Waals surface area contributed by atoms with Crippen LogP contribution in [0.15, 0.2) is 41.4 Å². The molecule has 0 fully saturated rings. The zero-order valence-corrected chi connectivity index (χ0v) is 12.5. The van der Waals surface area contributed by atoms with Crippen molar-refractivity contribution < 1.29 is 4.39 Å². The molecule has 0 spiro atoms. The molecule has 0 radical (unpaired) electrons. The first-order valence-corrected chi connectivity index (χ1v) is 7.54. The van der Waals surface area contributed by atoms with Gasteiger partial charge in [0.25, 0.3) is 0 Å². The molecule has 5 heteroatoms. The number of hydrogen-bond donors (Lipinski definition) is 1. The average Bonchev–Trinajstić information content (AvgIpc) is 2.43. The van der Waals surface area contributed by atoms with Crippen LogP contribution in [-0.2, 0) is 12.3 Å². The number of hydrogen-bond acceptors (Lipinski definition) is 4. The number of rotatable bonds is 6. The minimum Gasteiger partial charge on any atom is -0.309 e. The Hall–Kier alpha value is -1.46. The molecule has 0 aliphatic heterocycles. The fraction of sp³-hybridized carbons (Fsp3) is 0.333. The van der Waals surface area contributed by atoms with Crippen LogP contribution in [-0.4, -0.2) is 16.0 Å². The van der Waals surface area contributed by atoms with Crippen molar-refractivity contribution in [2.45, 2.75) is 37.1 Å². The molecule has 0 aliphatic carbocycles. The Morgan fingerprint density at radius 2 is 2.15 bits per heavy atom. The molecule has 0 unspecified atom stereocenters. The van der Waals surface area contributed by atoms with Gasteiger partial charge in [-0.25, -0.2) is 14.4 Å². The number of thioether (sulfide) groups is 1. The van der Waals surface area contributed by atoms with Crippen molar-refractivity contribution >= 4 is 11.8 Å². The second-order valence-electron chi connectivity index (χ2n) is 4.75. The van der Waals surface area contributed by atoms with E-state index in [9.17, 15) is 4.39 Å². The molecular formula is C15H18FN3S. The molecule has 106 valence electrons. The maximum Gasteiger partial charge on any atom is 0.138 e. The lowest BCUT2D eigenvalue weighted by atomic mass is 10.3. The first-order valence-electron chi connectivity index (χ1n) is 6.56. The molecule has 0 saturated carbocycles. The predicted octanol–water partition coefficient (Wildman–Crippen LogP) is 3.41. The van der Waals surface area contributed by atoms with E-state index in [1.54, 1.807) is 12.3 Å². The van der Waals surface area contributed by atoms with Crippen LogP contribution in [0.2, 0.25) is 0 Å². The first-order chi connectivity index (χ1) is 9.63. The highest BCUT2D eigenvalue weighted by Gasteiger charge is 2.03. The number of aromatic nitrogens is 2. The molecule has 1 aromatic heterocycles. The maximum absolute atomic E-state index is 13.1. The van der Waals surface area contributed by atoms with Crippen LogP contribution >= 0.6 is 11.8 Å². The average molecular weight is 291 g/mol. The van der Waals surface area contributed by atoms with Gasteiger partial charge in [0.1, 0.15) is 11.6 Å². The van der Waals surface area contributed by atoms with Crippen molar-refractivity contribution in [3.05, 3.63) is 53.9 Å². The Morgan fingerprint density at radius 3 is 2.90 bits per heavy atom. The molecule has 2 rings (SSSR count). The Bertz CT molecular complexity index is 560. The summed E-state index contributed by atoms with van der Waals surface area (Å²) in [6.45, 7) is 4.93. The van der Waals surface area contributed by atoms with Crippen molar-refractivity contribution in [2.24, 2.45) is 0 Å². The van der Waals surface area contributed by atoms with Crippen molar-refractivity contribution in [3.63, 3.8) is 0 Å². The molecule has 1 heterocycles. The van der Waals surface area contributed by atoms with E-state index in [1.165, 1.54) is 23.9 Å². The van der Waals surface area contributed by atoms with Crippen molar-refractivity contribution in [2.75, 3.05) is 0 Å². The summed E-state index contributed by atoms with van der Waals surface area (Å²) in [5, 5.41) is 3.32. The van der Waals surface area contributed by atoms with Crippen molar-refractivity contribution in [3.8, 4) is 0 Å². The SMILES string of the molecule is CC(C)NCc1ccnc(CSc2cccc(F)c2)n1. The third-order valence-corrected chi connectivity index (χ3v) is 3.61. The summed E-state index contributed by atoms with van der Waals surface area (Å²) in [5.74, 6) is 1.19. The van der Waals surface area contributed by atoms with Gasteiger partial charge in [-0.3, -0.25) is 0 Å². The smallest absolute Gasteiger partial charge is 0.138 e. The monoisotopic (exact) mass is 291 g/mol. The van der Waals surface area contributed by atoms with E-state index in [4.69, 9.17) is 0 Å². The number of benzene rings is 1. The van der Waals surface area contributed by atoms with Gasteiger partial charge in [-0.15, -0.1) is 11.8 Å². The van der Waals surface area contributed by atoms with Gasteiger partial charge in [-0.2, -0.15) is 0 Å². The van der Waals surface area contributed by atoms with Gasteiger partial charge in [0.15, 0.2) is 0 Å². The Balaban J connectivity index is 1.94. The van der Waals surface area contributed by atoms with Crippen LogP contribution in [0, 0.1) is 5.82 Å². The molecule has 3 nitrogen and oxygen atoms in total. The van der Waals surface area contributed by atoms with Gasteiger partial charge >= 0.3 is 0 Å². The summed E-state index contributed by atoms with van der Waals surface area (Å²) in [4.78, 5) is 9.63. The highest BCUT2D eigenvalue weighted by atomic mass is 32.2. The second-order valence-corrected chi connectivity index (χ2v) is 5.79. The lowest BCUT2D eigenvalue weighted by Crippen LogP contribution is -2.22. The Morgan fingerprint density at radius 1 is 1.30 bits per heavy atom. The van der Waals surface area contributed by atoms with Crippen molar-refractivity contribution in [1.29, 1.82) is 0 Å². The van der Waals surface area contributed by atoms with Gasteiger partial charge in [-0.05, 0) is 24.3 Å². The highest BCUT2D eigenvalue weighted by molar-refractivity contribution is 7.98. The molecular weight excluding hydrogens is 273 g/mol. The van der Waals surface area contributed by atoms with E-state index in [2.05, 4.69) is 29.1 Å². The molecule has 0 amide bonds. The van der Waals surface area contributed by atoms with Gasteiger partial charge < -0.3 is 5.32 Å². The van der Waals surface area contributed by atoms with E-state index in [0.29, 0.717) is 11.8 Å². The van der Waals surface area contributed by atoms with Gasteiger partial charge in [0, 0.05) is 23.7 Å². The van der Waals surface area contributed by atoms with Crippen LogP contribution in [0.4, 0.5) is 4.39 Å². The summed E-state index contributed by atoms with van der Waals surface area (Å²) in [6.07, 6.45) is 1.77. The summed E-state index contributed by atoms with van der Waals surface area (Å²) in [6, 6.07) is 8.90. The zero-order chi connectivity index (χ0) is 14.4. The Kier molecular flexibility index (Phi) is 5.49. The van der Waals surface area contributed by atoms with Crippen LogP contribution in [0.3, 0.4) is 0 Å². The van der Waals surface area contributed by atoms with Crippen LogP contribution in [0.1, 0.15) is 25.4 Å². The van der Waals surface area contributed by atoms with Crippen molar-refractivity contribution in [1.82, 2.24) is 15.3 Å². The standard InChI is InChI=1S/C15H18FN3S/c1-11(2)18-9-13-6-7-17-15(19-13)10-20-14-5-3-4-12(16)8-14/h3-8,11,18H,9-10H2,1-2H3. The van der Waals surface area contributed by atoms with Crippen LogP contribution in [0.5, 0.6) is 0 Å². The maximum atomic E-state index is 13.1. The third-order valence-electron chi connectivity index (χ3n) is 2.62. The largest absolute Gasteiger partial charge is 0.309 e. The third kappa shape index (κ3) is 4.90. The minimum absolute atomic E-state index is 0.217. The van der Waals surface area contributed by atoms with E-state index in [1.807, 2.05) is 12.1 Å². The molecule has 1 N–H and O–H groups in total. The number of nitrogens with zero attached hydrogens (tertiary/aromatic N) is 2. The summed E-state index contributed by atoms with van der Waals surface area (Å²) < 4.78 is 13.1. The molecule has 0 bridgehead atoms. The number of nitrogens with one attached hydrogen (secondary N) is 1. The van der Waals surface area contributed by atoms with E-state index < -0.39 is 0 Å². The van der Waals surface area contributed by atoms with E-state index in [-0.39, 0.29) is 5.82 Å². The normalized spacial score (nSPS) is 11.0. The lowest BCUT2D eigenvalue weighted by molar-refractivity contribution is 0.579.